The molecule has 11 heavy (non-hydrogen) atoms. The molecule has 0 saturated heterocycles. The molecule has 0 aliphatic rings. The molecule has 0 bridgehead atoms. The van der Waals surface area contributed by atoms with Gasteiger partial charge in [-0.15, -0.1) is 0 Å². The van der Waals surface area contributed by atoms with E-state index in [0.29, 0.717) is 4.64 Å². The summed E-state index contributed by atoms with van der Waals surface area (Å²) in [6.45, 7) is 0. The molecule has 3 nitrogen and oxygen atoms in total. The van der Waals surface area contributed by atoms with Gasteiger partial charge >= 0.3 is 5.97 Å². The molecule has 1 rings (SSSR count). The molecule has 0 aliphatic heterocycles. The Morgan fingerprint density at radius 3 is 2.82 bits per heavy atom. The van der Waals surface area contributed by atoms with Crippen LogP contribution < -0.4 is 0 Å². The molecule has 0 saturated carbocycles. The fourth-order valence-electron chi connectivity index (χ4n) is 0.682. The molecule has 1 aromatic heterocycles. The molecule has 1 aromatic rings. The fourth-order valence-corrected chi connectivity index (χ4v) is 0.869. The van der Waals surface area contributed by atoms with E-state index in [1.54, 1.807) is 17.8 Å². The van der Waals surface area contributed by atoms with Gasteiger partial charge < -0.3 is 9.67 Å². The topological polar surface area (TPSA) is 42.2 Å². The molecular formula is C7H7NO2S. The number of hydrogen-bond acceptors (Lipinski definition) is 2. The van der Waals surface area contributed by atoms with Crippen LogP contribution in [-0.4, -0.2) is 15.6 Å². The van der Waals surface area contributed by atoms with Gasteiger partial charge in [0, 0.05) is 13.2 Å². The molecular weight excluding hydrogens is 162 g/mol. The number of aromatic carboxylic acids is 1. The summed E-state index contributed by atoms with van der Waals surface area (Å²) in [5.74, 6) is -0.948. The van der Waals surface area contributed by atoms with Crippen molar-refractivity contribution in [3.05, 3.63) is 28.5 Å². The number of carboxylic acid groups (broad SMARTS) is 1. The van der Waals surface area contributed by atoms with Crippen LogP contribution in [0.15, 0.2) is 18.3 Å². The number of rotatable bonds is 1. The SMILES string of the molecule is Cn1ccc(C(=O)O)cc1=S. The third-order valence-corrected chi connectivity index (χ3v) is 1.76. The summed E-state index contributed by atoms with van der Waals surface area (Å²) >= 11 is 4.86. The summed E-state index contributed by atoms with van der Waals surface area (Å²) < 4.78 is 2.20. The predicted molar refractivity (Wildman–Crippen MR) is 43.2 cm³/mol. The van der Waals surface area contributed by atoms with Crippen molar-refractivity contribution in [3.63, 3.8) is 0 Å². The van der Waals surface area contributed by atoms with Crippen molar-refractivity contribution in [2.24, 2.45) is 7.05 Å². The molecule has 0 spiro atoms. The van der Waals surface area contributed by atoms with Gasteiger partial charge in [0.1, 0.15) is 4.64 Å². The minimum atomic E-state index is -0.948. The third kappa shape index (κ3) is 1.65. The molecule has 58 valence electrons. The van der Waals surface area contributed by atoms with Crippen LogP contribution in [0.4, 0.5) is 0 Å². The number of hydrogen-bond donors (Lipinski definition) is 1. The molecule has 0 aromatic carbocycles. The fraction of sp³-hybridized carbons (Fsp3) is 0.143. The van der Waals surface area contributed by atoms with Gasteiger partial charge in [0.25, 0.3) is 0 Å². The smallest absolute Gasteiger partial charge is 0.335 e. The lowest BCUT2D eigenvalue weighted by molar-refractivity contribution is 0.0696. The van der Waals surface area contributed by atoms with Crippen LogP contribution in [0, 0.1) is 4.64 Å². The van der Waals surface area contributed by atoms with Gasteiger partial charge in [-0.05, 0) is 12.1 Å². The highest BCUT2D eigenvalue weighted by atomic mass is 32.1. The quantitative estimate of drug-likeness (QED) is 0.647. The van der Waals surface area contributed by atoms with E-state index in [-0.39, 0.29) is 5.56 Å². The Balaban J connectivity index is 3.26. The van der Waals surface area contributed by atoms with Gasteiger partial charge in [-0.3, -0.25) is 0 Å². The minimum Gasteiger partial charge on any atom is -0.478 e. The average molecular weight is 169 g/mol. The summed E-state index contributed by atoms with van der Waals surface area (Å²) in [4.78, 5) is 10.4. The second-order valence-electron chi connectivity index (χ2n) is 2.17. The average Bonchev–Trinajstić information content (AvgIpc) is 1.94. The number of aromatic nitrogens is 1. The van der Waals surface area contributed by atoms with E-state index in [4.69, 9.17) is 17.3 Å². The van der Waals surface area contributed by atoms with Crippen molar-refractivity contribution in [1.82, 2.24) is 4.57 Å². The highest BCUT2D eigenvalue weighted by Gasteiger charge is 2.00. The van der Waals surface area contributed by atoms with Crippen molar-refractivity contribution in [2.45, 2.75) is 0 Å². The maximum Gasteiger partial charge on any atom is 0.335 e. The van der Waals surface area contributed by atoms with Gasteiger partial charge in [-0.1, -0.05) is 12.2 Å². The Kier molecular flexibility index (Phi) is 2.05. The summed E-state index contributed by atoms with van der Waals surface area (Å²) in [6, 6.07) is 2.97. The van der Waals surface area contributed by atoms with Crippen LogP contribution in [0.25, 0.3) is 0 Å². The first-order valence-corrected chi connectivity index (χ1v) is 3.42. The van der Waals surface area contributed by atoms with Gasteiger partial charge in [0.15, 0.2) is 0 Å². The van der Waals surface area contributed by atoms with E-state index in [2.05, 4.69) is 0 Å². The number of carbonyl (C=O) groups is 1. The lowest BCUT2D eigenvalue weighted by atomic mass is 10.3. The van der Waals surface area contributed by atoms with Gasteiger partial charge in [-0.2, -0.15) is 0 Å². The van der Waals surface area contributed by atoms with E-state index >= 15 is 0 Å². The van der Waals surface area contributed by atoms with Crippen molar-refractivity contribution >= 4 is 18.2 Å². The molecule has 1 N–H and O–H groups in total. The van der Waals surface area contributed by atoms with E-state index in [9.17, 15) is 4.79 Å². The molecule has 4 heteroatoms. The maximum atomic E-state index is 10.4. The van der Waals surface area contributed by atoms with E-state index in [1.807, 2.05) is 0 Å². The molecule has 1 heterocycles. The van der Waals surface area contributed by atoms with Crippen molar-refractivity contribution in [3.8, 4) is 0 Å². The summed E-state index contributed by atoms with van der Waals surface area (Å²) in [5, 5.41) is 8.54. The zero-order valence-electron chi connectivity index (χ0n) is 5.94. The van der Waals surface area contributed by atoms with Gasteiger partial charge in [-0.25, -0.2) is 4.79 Å². The molecule has 0 atom stereocenters. The Labute approximate surface area is 68.9 Å². The van der Waals surface area contributed by atoms with Crippen molar-refractivity contribution in [2.75, 3.05) is 0 Å². The number of aryl methyl sites for hydroxylation is 1. The van der Waals surface area contributed by atoms with Crippen LogP contribution in [-0.2, 0) is 7.05 Å². The van der Waals surface area contributed by atoms with E-state index in [0.717, 1.165) is 0 Å². The minimum absolute atomic E-state index is 0.230. The van der Waals surface area contributed by atoms with Gasteiger partial charge in [0.05, 0.1) is 5.56 Å². The largest absolute Gasteiger partial charge is 0.478 e. The Morgan fingerprint density at radius 1 is 1.73 bits per heavy atom. The predicted octanol–water partition coefficient (Wildman–Crippen LogP) is 1.45. The highest BCUT2D eigenvalue weighted by molar-refractivity contribution is 7.71. The first-order chi connectivity index (χ1) is 5.11. The molecule has 0 radical (unpaired) electrons. The number of pyridine rings is 1. The van der Waals surface area contributed by atoms with Gasteiger partial charge in [0.2, 0.25) is 0 Å². The zero-order chi connectivity index (χ0) is 8.43. The molecule has 0 unspecified atom stereocenters. The summed E-state index contributed by atoms with van der Waals surface area (Å²) in [7, 11) is 1.77. The lowest BCUT2D eigenvalue weighted by Crippen LogP contribution is -1.99. The van der Waals surface area contributed by atoms with Crippen LogP contribution >= 0.6 is 12.2 Å². The molecule has 0 aliphatic carbocycles. The van der Waals surface area contributed by atoms with E-state index in [1.165, 1.54) is 12.1 Å². The van der Waals surface area contributed by atoms with E-state index < -0.39 is 5.97 Å². The Bertz CT molecular complexity index is 343. The van der Waals surface area contributed by atoms with Crippen molar-refractivity contribution in [1.29, 1.82) is 0 Å². The van der Waals surface area contributed by atoms with Crippen LogP contribution in [0.3, 0.4) is 0 Å². The standard InChI is InChI=1S/C7H7NO2S/c1-8-3-2-5(7(9)10)4-6(8)11/h2-4H,1H3,(H,9,10). The highest BCUT2D eigenvalue weighted by Crippen LogP contribution is 1.99. The monoisotopic (exact) mass is 169 g/mol. The van der Waals surface area contributed by atoms with Crippen molar-refractivity contribution < 1.29 is 9.90 Å². The lowest BCUT2D eigenvalue weighted by Gasteiger charge is -1.97. The van der Waals surface area contributed by atoms with Crippen LogP contribution in [0.2, 0.25) is 0 Å². The maximum absolute atomic E-state index is 10.4. The first-order valence-electron chi connectivity index (χ1n) is 3.01. The van der Waals surface area contributed by atoms with Crippen LogP contribution in [0.1, 0.15) is 10.4 Å². The number of carboxylic acids is 1. The summed E-state index contributed by atoms with van der Waals surface area (Å²) in [6.07, 6.45) is 1.63. The number of nitrogens with zero attached hydrogens (tertiary/aromatic N) is 1. The molecule has 0 amide bonds. The zero-order valence-corrected chi connectivity index (χ0v) is 6.76. The Hall–Kier alpha value is -1.16. The normalized spacial score (nSPS) is 9.55. The third-order valence-electron chi connectivity index (χ3n) is 1.35. The summed E-state index contributed by atoms with van der Waals surface area (Å²) in [5.41, 5.74) is 0.230. The second kappa shape index (κ2) is 2.84. The molecule has 0 fully saturated rings. The van der Waals surface area contributed by atoms with Crippen LogP contribution in [0.5, 0.6) is 0 Å². The Morgan fingerprint density at radius 2 is 2.36 bits per heavy atom. The first kappa shape index (κ1) is 7.94. The second-order valence-corrected chi connectivity index (χ2v) is 2.59.